The van der Waals surface area contributed by atoms with Crippen molar-refractivity contribution in [3.63, 3.8) is 0 Å². The van der Waals surface area contributed by atoms with Crippen molar-refractivity contribution in [3.8, 4) is 0 Å². The smallest absolute Gasteiger partial charge is 0.286 e. The molecule has 0 aliphatic heterocycles. The highest BCUT2D eigenvalue weighted by molar-refractivity contribution is 7.15. The van der Waals surface area contributed by atoms with E-state index < -0.39 is 5.91 Å². The number of nitrogens with one attached hydrogen (secondary N) is 2. The van der Waals surface area contributed by atoms with E-state index in [1.54, 1.807) is 24.3 Å². The number of benzene rings is 2. The summed E-state index contributed by atoms with van der Waals surface area (Å²) in [6.45, 7) is 0.334. The van der Waals surface area contributed by atoms with Crippen LogP contribution in [-0.4, -0.2) is 22.0 Å². The van der Waals surface area contributed by atoms with Gasteiger partial charge < -0.3 is 10.6 Å². The van der Waals surface area contributed by atoms with Gasteiger partial charge in [-0.1, -0.05) is 53.3 Å². The average Bonchev–Trinajstić information content (AvgIpc) is 3.12. The molecule has 126 valence electrons. The molecule has 1 aromatic heterocycles. The number of halogens is 1. The van der Waals surface area contributed by atoms with Gasteiger partial charge in [-0.05, 0) is 29.8 Å². The summed E-state index contributed by atoms with van der Waals surface area (Å²) in [5.74, 6) is -0.785. The lowest BCUT2D eigenvalue weighted by Gasteiger charge is -2.03. The maximum atomic E-state index is 12.1. The van der Waals surface area contributed by atoms with Crippen molar-refractivity contribution in [3.05, 3.63) is 75.2 Å². The fourth-order valence-corrected chi connectivity index (χ4v) is 2.75. The first-order chi connectivity index (χ1) is 12.1. The molecule has 3 aromatic rings. The summed E-state index contributed by atoms with van der Waals surface area (Å²) in [6, 6.07) is 16.1. The van der Waals surface area contributed by atoms with Crippen LogP contribution in [0.25, 0.3) is 0 Å². The van der Waals surface area contributed by atoms with Crippen LogP contribution in [0, 0.1) is 0 Å². The van der Waals surface area contributed by atoms with E-state index >= 15 is 0 Å². The largest absolute Gasteiger partial charge is 0.346 e. The third kappa shape index (κ3) is 4.62. The Morgan fingerprint density at radius 3 is 2.24 bits per heavy atom. The standard InChI is InChI=1S/C17H13ClN4O2S/c18-12-8-6-11(7-9-12)10-19-14(23)16-21-22-17(25-16)15(24)20-13-4-2-1-3-5-13/h1-9H,10H2,(H,19,23)(H,20,24). The molecule has 0 spiro atoms. The maximum Gasteiger partial charge on any atom is 0.286 e. The molecule has 0 radical (unpaired) electrons. The van der Waals surface area contributed by atoms with E-state index in [1.165, 1.54) is 0 Å². The third-order valence-electron chi connectivity index (χ3n) is 3.21. The number of carbonyl (C=O) groups excluding carboxylic acids is 2. The van der Waals surface area contributed by atoms with Crippen molar-refractivity contribution in [1.29, 1.82) is 0 Å². The van der Waals surface area contributed by atoms with Crippen LogP contribution in [-0.2, 0) is 6.54 Å². The lowest BCUT2D eigenvalue weighted by Crippen LogP contribution is -2.22. The molecule has 8 heteroatoms. The minimum atomic E-state index is -0.402. The second-order valence-electron chi connectivity index (χ2n) is 5.04. The van der Waals surface area contributed by atoms with Gasteiger partial charge in [0.2, 0.25) is 10.0 Å². The number of anilines is 1. The van der Waals surface area contributed by atoms with E-state index in [9.17, 15) is 9.59 Å². The fourth-order valence-electron chi connectivity index (χ4n) is 1.97. The molecule has 0 aliphatic carbocycles. The van der Waals surface area contributed by atoms with Crippen molar-refractivity contribution in [2.75, 3.05) is 5.32 Å². The van der Waals surface area contributed by atoms with Crippen LogP contribution in [0.15, 0.2) is 54.6 Å². The lowest BCUT2D eigenvalue weighted by atomic mass is 10.2. The molecular weight excluding hydrogens is 360 g/mol. The van der Waals surface area contributed by atoms with Crippen LogP contribution in [0.3, 0.4) is 0 Å². The van der Waals surface area contributed by atoms with Crippen molar-refractivity contribution in [1.82, 2.24) is 15.5 Å². The number of hydrogen-bond acceptors (Lipinski definition) is 5. The molecule has 2 aromatic carbocycles. The monoisotopic (exact) mass is 372 g/mol. The molecule has 0 saturated heterocycles. The second-order valence-corrected chi connectivity index (χ2v) is 6.46. The lowest BCUT2D eigenvalue weighted by molar-refractivity contribution is 0.0948. The van der Waals surface area contributed by atoms with Gasteiger partial charge in [0.25, 0.3) is 11.8 Å². The normalized spacial score (nSPS) is 10.3. The number of nitrogens with zero attached hydrogens (tertiary/aromatic N) is 2. The predicted octanol–water partition coefficient (Wildman–Crippen LogP) is 3.37. The Morgan fingerprint density at radius 1 is 0.920 bits per heavy atom. The van der Waals surface area contributed by atoms with Crippen molar-refractivity contribution < 1.29 is 9.59 Å². The molecule has 2 N–H and O–H groups in total. The van der Waals surface area contributed by atoms with Gasteiger partial charge in [0.1, 0.15) is 0 Å². The maximum absolute atomic E-state index is 12.1. The highest BCUT2D eigenvalue weighted by atomic mass is 35.5. The zero-order valence-electron chi connectivity index (χ0n) is 12.9. The van der Waals surface area contributed by atoms with Crippen LogP contribution >= 0.6 is 22.9 Å². The van der Waals surface area contributed by atoms with Crippen LogP contribution in [0.1, 0.15) is 25.2 Å². The summed E-state index contributed by atoms with van der Waals surface area (Å²) in [5, 5.41) is 13.9. The first kappa shape index (κ1) is 17.1. The quantitative estimate of drug-likeness (QED) is 0.719. The molecule has 25 heavy (non-hydrogen) atoms. The van der Waals surface area contributed by atoms with E-state index in [0.717, 1.165) is 16.9 Å². The molecule has 6 nitrogen and oxygen atoms in total. The predicted molar refractivity (Wildman–Crippen MR) is 96.9 cm³/mol. The summed E-state index contributed by atoms with van der Waals surface area (Å²) < 4.78 is 0. The number of hydrogen-bond donors (Lipinski definition) is 2. The van der Waals surface area contributed by atoms with E-state index in [1.807, 2.05) is 30.3 Å². The van der Waals surface area contributed by atoms with E-state index in [-0.39, 0.29) is 15.9 Å². The van der Waals surface area contributed by atoms with Gasteiger partial charge >= 0.3 is 0 Å². The summed E-state index contributed by atoms with van der Waals surface area (Å²) in [4.78, 5) is 24.2. The van der Waals surface area contributed by atoms with Crippen LogP contribution < -0.4 is 10.6 Å². The molecule has 0 aliphatic rings. The van der Waals surface area contributed by atoms with Crippen molar-refractivity contribution in [2.24, 2.45) is 0 Å². The average molecular weight is 373 g/mol. The Kier molecular flexibility index (Phi) is 5.37. The summed E-state index contributed by atoms with van der Waals surface area (Å²) in [7, 11) is 0. The molecule has 0 unspecified atom stereocenters. The van der Waals surface area contributed by atoms with Crippen LogP contribution in [0.4, 0.5) is 5.69 Å². The fraction of sp³-hybridized carbons (Fsp3) is 0.0588. The summed E-state index contributed by atoms with van der Waals surface area (Å²) in [6.07, 6.45) is 0. The highest BCUT2D eigenvalue weighted by Gasteiger charge is 2.17. The molecule has 3 rings (SSSR count). The Labute approximate surface area is 152 Å². The van der Waals surface area contributed by atoms with Crippen molar-refractivity contribution in [2.45, 2.75) is 6.54 Å². The van der Waals surface area contributed by atoms with Crippen LogP contribution in [0.2, 0.25) is 5.02 Å². The van der Waals surface area contributed by atoms with Crippen molar-refractivity contribution >= 4 is 40.4 Å². The zero-order chi connectivity index (χ0) is 17.6. The Balaban J connectivity index is 1.59. The Hall–Kier alpha value is -2.77. The highest BCUT2D eigenvalue weighted by Crippen LogP contribution is 2.14. The Morgan fingerprint density at radius 2 is 1.56 bits per heavy atom. The van der Waals surface area contributed by atoms with Gasteiger partial charge in [-0.15, -0.1) is 10.2 Å². The zero-order valence-corrected chi connectivity index (χ0v) is 14.5. The topological polar surface area (TPSA) is 84.0 Å². The van der Waals surface area contributed by atoms with Gasteiger partial charge in [0.15, 0.2) is 0 Å². The Bertz CT molecular complexity index is 881. The number of para-hydroxylation sites is 1. The van der Waals surface area contributed by atoms with Gasteiger partial charge in [-0.3, -0.25) is 9.59 Å². The molecule has 0 bridgehead atoms. The molecule has 1 heterocycles. The molecular formula is C17H13ClN4O2S. The van der Waals surface area contributed by atoms with Gasteiger partial charge in [0.05, 0.1) is 0 Å². The number of carbonyl (C=O) groups is 2. The number of rotatable bonds is 5. The summed E-state index contributed by atoms with van der Waals surface area (Å²) in [5.41, 5.74) is 1.56. The SMILES string of the molecule is O=C(NCc1ccc(Cl)cc1)c1nnc(C(=O)Nc2ccccc2)s1. The summed E-state index contributed by atoms with van der Waals surface area (Å²) >= 11 is 6.76. The van der Waals surface area contributed by atoms with Gasteiger partial charge in [-0.2, -0.15) is 0 Å². The van der Waals surface area contributed by atoms with Gasteiger partial charge in [-0.25, -0.2) is 0 Å². The molecule has 0 fully saturated rings. The first-order valence-corrected chi connectivity index (χ1v) is 8.54. The van der Waals surface area contributed by atoms with E-state index in [0.29, 0.717) is 17.3 Å². The first-order valence-electron chi connectivity index (χ1n) is 7.34. The molecule has 0 atom stereocenters. The minimum absolute atomic E-state index is 0.125. The third-order valence-corrected chi connectivity index (χ3v) is 4.38. The van der Waals surface area contributed by atoms with E-state index in [4.69, 9.17) is 11.6 Å². The van der Waals surface area contributed by atoms with Gasteiger partial charge in [0, 0.05) is 17.3 Å². The molecule has 2 amide bonds. The minimum Gasteiger partial charge on any atom is -0.346 e. The van der Waals surface area contributed by atoms with E-state index in [2.05, 4.69) is 20.8 Å². The molecule has 0 saturated carbocycles. The number of amides is 2. The number of aromatic nitrogens is 2. The van der Waals surface area contributed by atoms with Crippen LogP contribution in [0.5, 0.6) is 0 Å². The second kappa shape index (κ2) is 7.87.